The molecule has 0 radical (unpaired) electrons. The van der Waals surface area contributed by atoms with Crippen molar-refractivity contribution in [1.29, 1.82) is 0 Å². The summed E-state index contributed by atoms with van der Waals surface area (Å²) in [6.07, 6.45) is 1.31. The number of nitrogens with one attached hydrogen (secondary N) is 1. The van der Waals surface area contributed by atoms with E-state index in [1.54, 1.807) is 0 Å². The first-order valence-electron chi connectivity index (χ1n) is 7.35. The Morgan fingerprint density at radius 3 is 2.40 bits per heavy atom. The van der Waals surface area contributed by atoms with Gasteiger partial charge in [0.15, 0.2) is 0 Å². The molecule has 1 amide bonds. The second-order valence-corrected chi connectivity index (χ2v) is 4.69. The molecule has 0 aromatic heterocycles. The molecule has 1 rings (SSSR count). The number of hydrogen-bond acceptors (Lipinski definition) is 3. The second-order valence-electron chi connectivity index (χ2n) is 4.69. The zero-order chi connectivity index (χ0) is 14.8. The van der Waals surface area contributed by atoms with Gasteiger partial charge in [-0.15, -0.1) is 0 Å². The summed E-state index contributed by atoms with van der Waals surface area (Å²) in [5, 5.41) is 3.11. The Balaban J connectivity index is 2.25. The van der Waals surface area contributed by atoms with Crippen molar-refractivity contribution >= 4 is 5.91 Å². The van der Waals surface area contributed by atoms with Crippen molar-refractivity contribution in [2.45, 2.75) is 33.2 Å². The number of amides is 1. The van der Waals surface area contributed by atoms with Crippen LogP contribution in [0.5, 0.6) is 5.75 Å². The molecule has 1 N–H and O–H groups in total. The van der Waals surface area contributed by atoms with Gasteiger partial charge in [0.2, 0.25) is 5.91 Å². The first-order valence-corrected chi connectivity index (χ1v) is 7.35. The van der Waals surface area contributed by atoms with Crippen molar-refractivity contribution in [2.24, 2.45) is 0 Å². The Morgan fingerprint density at radius 2 is 1.85 bits per heavy atom. The molecule has 0 atom stereocenters. The van der Waals surface area contributed by atoms with Gasteiger partial charge in [-0.2, -0.15) is 0 Å². The summed E-state index contributed by atoms with van der Waals surface area (Å²) in [4.78, 5) is 13.7. The molecule has 0 saturated carbocycles. The average Bonchev–Trinajstić information content (AvgIpc) is 2.47. The molecular weight excluding hydrogens is 252 g/mol. The van der Waals surface area contributed by atoms with Gasteiger partial charge in [0.25, 0.3) is 0 Å². The lowest BCUT2D eigenvalue weighted by Crippen LogP contribution is -2.30. The van der Waals surface area contributed by atoms with Gasteiger partial charge in [0.1, 0.15) is 5.75 Å². The van der Waals surface area contributed by atoms with E-state index in [-0.39, 0.29) is 5.91 Å². The van der Waals surface area contributed by atoms with E-state index in [2.05, 4.69) is 5.32 Å². The molecule has 0 spiro atoms. The molecule has 1 aromatic rings. The van der Waals surface area contributed by atoms with Crippen molar-refractivity contribution < 1.29 is 9.53 Å². The van der Waals surface area contributed by atoms with Crippen molar-refractivity contribution in [3.8, 4) is 5.75 Å². The average molecular weight is 278 g/mol. The number of rotatable bonds is 9. The summed E-state index contributed by atoms with van der Waals surface area (Å²) >= 11 is 0. The number of carbonyl (C=O) groups excluding carboxylic acids is 1. The molecule has 0 heterocycles. The largest absolute Gasteiger partial charge is 0.494 e. The van der Waals surface area contributed by atoms with Crippen LogP contribution >= 0.6 is 0 Å². The smallest absolute Gasteiger partial charge is 0.222 e. The Kier molecular flexibility index (Phi) is 7.73. The first kappa shape index (κ1) is 16.5. The van der Waals surface area contributed by atoms with E-state index in [1.165, 1.54) is 5.56 Å². The van der Waals surface area contributed by atoms with Gasteiger partial charge in [-0.3, -0.25) is 4.79 Å². The van der Waals surface area contributed by atoms with Crippen LogP contribution in [0.4, 0.5) is 0 Å². The van der Waals surface area contributed by atoms with Crippen molar-refractivity contribution in [3.05, 3.63) is 29.8 Å². The van der Waals surface area contributed by atoms with Crippen LogP contribution in [-0.2, 0) is 11.3 Å². The maximum absolute atomic E-state index is 11.8. The summed E-state index contributed by atoms with van der Waals surface area (Å²) < 4.78 is 5.65. The molecule has 0 aliphatic heterocycles. The van der Waals surface area contributed by atoms with Gasteiger partial charge >= 0.3 is 0 Å². The van der Waals surface area contributed by atoms with Gasteiger partial charge in [-0.05, 0) is 45.0 Å². The zero-order valence-corrected chi connectivity index (χ0v) is 12.8. The summed E-state index contributed by atoms with van der Waals surface area (Å²) in [5.41, 5.74) is 1.23. The summed E-state index contributed by atoms with van der Waals surface area (Å²) in [6.45, 7) is 7.01. The maximum Gasteiger partial charge on any atom is 0.222 e. The number of benzene rings is 1. The highest BCUT2D eigenvalue weighted by Crippen LogP contribution is 2.12. The van der Waals surface area contributed by atoms with Gasteiger partial charge in [-0.1, -0.05) is 12.1 Å². The minimum atomic E-state index is 0.211. The lowest BCUT2D eigenvalue weighted by molar-refractivity contribution is -0.131. The third-order valence-electron chi connectivity index (χ3n) is 3.22. The summed E-state index contributed by atoms with van der Waals surface area (Å²) in [5.74, 6) is 1.07. The van der Waals surface area contributed by atoms with Crippen LogP contribution in [0.25, 0.3) is 0 Å². The van der Waals surface area contributed by atoms with Crippen LogP contribution in [-0.4, -0.2) is 37.6 Å². The standard InChI is InChI=1S/C16H26N2O2/c1-4-18(5-2)16(19)7-6-12-20-15-10-8-14(9-11-15)13-17-3/h8-11,17H,4-7,12-13H2,1-3H3. The fourth-order valence-electron chi connectivity index (χ4n) is 2.06. The number of nitrogens with zero attached hydrogens (tertiary/aromatic N) is 1. The Morgan fingerprint density at radius 1 is 1.20 bits per heavy atom. The maximum atomic E-state index is 11.8. The van der Waals surface area contributed by atoms with Crippen LogP contribution in [0.15, 0.2) is 24.3 Å². The quantitative estimate of drug-likeness (QED) is 0.705. The highest BCUT2D eigenvalue weighted by molar-refractivity contribution is 5.76. The number of carbonyl (C=O) groups is 1. The molecule has 0 unspecified atom stereocenters. The monoisotopic (exact) mass is 278 g/mol. The highest BCUT2D eigenvalue weighted by atomic mass is 16.5. The minimum Gasteiger partial charge on any atom is -0.494 e. The van der Waals surface area contributed by atoms with Gasteiger partial charge in [0.05, 0.1) is 6.61 Å². The van der Waals surface area contributed by atoms with Crippen LogP contribution in [0, 0.1) is 0 Å². The predicted octanol–water partition coefficient (Wildman–Crippen LogP) is 2.43. The molecule has 0 bridgehead atoms. The molecule has 0 fully saturated rings. The lowest BCUT2D eigenvalue weighted by atomic mass is 10.2. The topological polar surface area (TPSA) is 41.6 Å². The third-order valence-corrected chi connectivity index (χ3v) is 3.22. The Labute approximate surface area is 122 Å². The fraction of sp³-hybridized carbons (Fsp3) is 0.562. The van der Waals surface area contributed by atoms with Gasteiger partial charge in [0, 0.05) is 26.1 Å². The van der Waals surface area contributed by atoms with E-state index < -0.39 is 0 Å². The summed E-state index contributed by atoms with van der Waals surface area (Å²) in [6, 6.07) is 8.04. The molecule has 0 aliphatic rings. The molecule has 1 aromatic carbocycles. The van der Waals surface area contributed by atoms with Gasteiger partial charge < -0.3 is 15.0 Å². The zero-order valence-electron chi connectivity index (χ0n) is 12.8. The number of ether oxygens (including phenoxy) is 1. The molecule has 4 nitrogen and oxygen atoms in total. The fourth-order valence-corrected chi connectivity index (χ4v) is 2.06. The third kappa shape index (κ3) is 5.61. The van der Waals surface area contributed by atoms with Crippen LogP contribution in [0.3, 0.4) is 0 Å². The second kappa shape index (κ2) is 9.37. The Bertz CT molecular complexity index is 386. The molecule has 112 valence electrons. The van der Waals surface area contributed by atoms with E-state index in [0.29, 0.717) is 13.0 Å². The minimum absolute atomic E-state index is 0.211. The van der Waals surface area contributed by atoms with Crippen LogP contribution < -0.4 is 10.1 Å². The SMILES string of the molecule is CCN(CC)C(=O)CCCOc1ccc(CNC)cc1. The predicted molar refractivity (Wildman–Crippen MR) is 81.9 cm³/mol. The molecule has 0 saturated heterocycles. The van der Waals surface area contributed by atoms with E-state index in [9.17, 15) is 4.79 Å². The summed E-state index contributed by atoms with van der Waals surface area (Å²) in [7, 11) is 1.93. The Hall–Kier alpha value is -1.55. The van der Waals surface area contributed by atoms with E-state index in [1.807, 2.05) is 50.1 Å². The molecule has 20 heavy (non-hydrogen) atoms. The lowest BCUT2D eigenvalue weighted by Gasteiger charge is -2.18. The van der Waals surface area contributed by atoms with Gasteiger partial charge in [-0.25, -0.2) is 0 Å². The number of hydrogen-bond donors (Lipinski definition) is 1. The molecule has 4 heteroatoms. The molecule has 0 aliphatic carbocycles. The normalized spacial score (nSPS) is 10.3. The first-order chi connectivity index (χ1) is 9.71. The van der Waals surface area contributed by atoms with Crippen molar-refractivity contribution in [2.75, 3.05) is 26.7 Å². The van der Waals surface area contributed by atoms with E-state index >= 15 is 0 Å². The van der Waals surface area contributed by atoms with Crippen molar-refractivity contribution in [3.63, 3.8) is 0 Å². The van der Waals surface area contributed by atoms with Crippen LogP contribution in [0.1, 0.15) is 32.3 Å². The van der Waals surface area contributed by atoms with E-state index in [4.69, 9.17) is 4.74 Å². The van der Waals surface area contributed by atoms with Crippen LogP contribution in [0.2, 0.25) is 0 Å². The van der Waals surface area contributed by atoms with E-state index in [0.717, 1.165) is 31.8 Å². The highest BCUT2D eigenvalue weighted by Gasteiger charge is 2.08. The molecular formula is C16H26N2O2. The van der Waals surface area contributed by atoms with Crippen molar-refractivity contribution in [1.82, 2.24) is 10.2 Å².